The number of ether oxygens (including phenoxy) is 3. The summed E-state index contributed by atoms with van der Waals surface area (Å²) in [5, 5.41) is 46.3. The molecule has 40 heavy (non-hydrogen) atoms. The van der Waals surface area contributed by atoms with E-state index in [1.54, 1.807) is 13.2 Å². The van der Waals surface area contributed by atoms with Crippen molar-refractivity contribution in [2.75, 3.05) is 34.6 Å². The van der Waals surface area contributed by atoms with Crippen molar-refractivity contribution in [2.24, 2.45) is 0 Å². The molecule has 2 aromatic rings. The molecule has 1 amide bonds. The first-order valence-corrected chi connectivity index (χ1v) is 13.0. The molecule has 11 heteroatoms. The number of nitrogens with one attached hydrogen (secondary N) is 1. The third-order valence-electron chi connectivity index (χ3n) is 8.32. The van der Waals surface area contributed by atoms with Gasteiger partial charge in [0.1, 0.15) is 11.8 Å². The lowest BCUT2D eigenvalue weighted by molar-refractivity contribution is -0.119. The van der Waals surface area contributed by atoms with Crippen LogP contribution in [0, 0.1) is 25.2 Å². The minimum Gasteiger partial charge on any atom is -0.507 e. The Labute approximate surface area is 232 Å². The summed E-state index contributed by atoms with van der Waals surface area (Å²) in [5.74, 6) is -0.199. The Morgan fingerprint density at radius 2 is 1.88 bits per heavy atom. The van der Waals surface area contributed by atoms with Gasteiger partial charge < -0.3 is 39.7 Å². The number of piperazine rings is 1. The number of carbonyl (C=O) groups is 1. The maximum absolute atomic E-state index is 12.0. The fourth-order valence-corrected chi connectivity index (χ4v) is 6.54. The maximum atomic E-state index is 12.0. The second-order valence-corrected chi connectivity index (χ2v) is 10.5. The number of likely N-dealkylation sites (N-methyl/N-ethyl adjacent to an activating group) is 1. The highest BCUT2D eigenvalue weighted by Gasteiger charge is 2.53. The lowest BCUT2D eigenvalue weighted by atomic mass is 9.75. The van der Waals surface area contributed by atoms with Gasteiger partial charge >= 0.3 is 0 Å². The number of aryl methyl sites for hydroxylation is 1. The number of rotatable bonds is 6. The van der Waals surface area contributed by atoms with E-state index in [4.69, 9.17) is 14.2 Å². The van der Waals surface area contributed by atoms with Crippen molar-refractivity contribution in [3.05, 3.63) is 45.1 Å². The zero-order chi connectivity index (χ0) is 29.0. The van der Waals surface area contributed by atoms with E-state index in [0.717, 1.165) is 16.7 Å². The molecular weight excluding hydrogens is 516 g/mol. The summed E-state index contributed by atoms with van der Waals surface area (Å²) < 4.78 is 17.1. The number of hydrogen-bond donors (Lipinski definition) is 4. The summed E-state index contributed by atoms with van der Waals surface area (Å²) in [6, 6.07) is 2.41. The van der Waals surface area contributed by atoms with Gasteiger partial charge in [0.15, 0.2) is 29.8 Å². The first-order chi connectivity index (χ1) is 19.1. The van der Waals surface area contributed by atoms with E-state index in [9.17, 15) is 25.4 Å². The molecule has 0 spiro atoms. The number of amides is 1. The minimum absolute atomic E-state index is 0.00315. The van der Waals surface area contributed by atoms with Crippen LogP contribution in [0.2, 0.25) is 0 Å². The summed E-state index contributed by atoms with van der Waals surface area (Å²) in [5.41, 5.74) is 4.14. The second kappa shape index (κ2) is 10.1. The first-order valence-electron chi connectivity index (χ1n) is 13.0. The van der Waals surface area contributed by atoms with E-state index in [2.05, 4.69) is 22.4 Å². The van der Waals surface area contributed by atoms with Gasteiger partial charge in [0.25, 0.3) is 0 Å². The van der Waals surface area contributed by atoms with E-state index in [0.29, 0.717) is 29.2 Å². The molecule has 2 bridgehead atoms. The third kappa shape index (κ3) is 3.90. The fraction of sp³-hybridized carbons (Fsp3) is 0.448. The molecule has 5 rings (SSSR count). The van der Waals surface area contributed by atoms with E-state index >= 15 is 0 Å². The summed E-state index contributed by atoms with van der Waals surface area (Å²) in [6.45, 7) is 4.87. The van der Waals surface area contributed by atoms with Crippen LogP contribution >= 0.6 is 0 Å². The van der Waals surface area contributed by atoms with Crippen LogP contribution in [-0.2, 0) is 16.0 Å². The van der Waals surface area contributed by atoms with Crippen LogP contribution in [0.4, 0.5) is 0 Å². The van der Waals surface area contributed by atoms with Crippen molar-refractivity contribution in [2.45, 2.75) is 51.4 Å². The summed E-state index contributed by atoms with van der Waals surface area (Å²) in [7, 11) is 5.07. The molecule has 0 saturated carbocycles. The molecular formula is C29H34N4O7. The van der Waals surface area contributed by atoms with Gasteiger partial charge in [0.2, 0.25) is 5.91 Å². The number of carbonyl (C=O) groups excluding carboxylic acids is 1. The van der Waals surface area contributed by atoms with Gasteiger partial charge in [-0.05, 0) is 44.5 Å². The summed E-state index contributed by atoms with van der Waals surface area (Å²) >= 11 is 0. The van der Waals surface area contributed by atoms with Gasteiger partial charge in [-0.3, -0.25) is 9.69 Å². The number of aromatic hydroxyl groups is 3. The molecule has 0 radical (unpaired) electrons. The van der Waals surface area contributed by atoms with Gasteiger partial charge in [-0.15, -0.1) is 0 Å². The first kappa shape index (κ1) is 27.4. The molecule has 3 aliphatic rings. The van der Waals surface area contributed by atoms with E-state index in [1.807, 2.05) is 18.9 Å². The van der Waals surface area contributed by atoms with Crippen molar-refractivity contribution in [1.82, 2.24) is 15.1 Å². The van der Waals surface area contributed by atoms with Crippen LogP contribution in [0.3, 0.4) is 0 Å². The number of benzene rings is 2. The fourth-order valence-electron chi connectivity index (χ4n) is 6.54. The highest BCUT2D eigenvalue weighted by Crippen LogP contribution is 2.58. The number of methoxy groups -OCH3 is 2. The largest absolute Gasteiger partial charge is 0.507 e. The molecule has 2 aromatic carbocycles. The molecule has 1 fully saturated rings. The second-order valence-electron chi connectivity index (χ2n) is 10.5. The zero-order valence-corrected chi connectivity index (χ0v) is 23.4. The Morgan fingerprint density at radius 3 is 2.50 bits per heavy atom. The van der Waals surface area contributed by atoms with Crippen LogP contribution in [0.25, 0.3) is 6.08 Å². The van der Waals surface area contributed by atoms with Gasteiger partial charge in [0, 0.05) is 54.6 Å². The Kier molecular flexibility index (Phi) is 6.94. The average molecular weight is 551 g/mol. The highest BCUT2D eigenvalue weighted by molar-refractivity contribution is 5.77. The number of nitriles is 1. The number of fused-ring (bicyclic) bond motifs is 7. The number of phenolic OH excluding ortho intramolecular Hbond substituents is 3. The molecule has 11 nitrogen and oxygen atoms in total. The quantitative estimate of drug-likeness (QED) is 0.240. The van der Waals surface area contributed by atoms with Crippen molar-refractivity contribution < 1.29 is 34.3 Å². The molecule has 3 aliphatic heterocycles. The normalized spacial score (nSPS) is 22.8. The summed E-state index contributed by atoms with van der Waals surface area (Å²) in [4.78, 5) is 16.0. The maximum Gasteiger partial charge on any atom is 0.216 e. The predicted octanol–water partition coefficient (Wildman–Crippen LogP) is 2.75. The van der Waals surface area contributed by atoms with E-state index in [-0.39, 0.29) is 42.2 Å². The lowest BCUT2D eigenvalue weighted by Gasteiger charge is -2.57. The van der Waals surface area contributed by atoms with Crippen molar-refractivity contribution in [3.8, 4) is 34.8 Å². The Hall–Kier alpha value is -4.14. The van der Waals surface area contributed by atoms with Crippen LogP contribution in [0.5, 0.6) is 28.7 Å². The van der Waals surface area contributed by atoms with Crippen molar-refractivity contribution in [1.29, 1.82) is 5.26 Å². The standard InChI is InChI=1S/C29H34N4O7/c1-13-7-16-8-18-20(10-30)33-19(24(32(18)4)22(16)29(28(13)39-6)40-12-38-5)9-17-23(21(33)11-31-15(3)34)27(37)26(36)14(2)25(17)35/h7,9,18,20-21,24,35-37H,8,11-12H2,1-6H3,(H,31,34)/t18?,20-,21-,24-/m0/s1. The minimum atomic E-state index is -0.753. The summed E-state index contributed by atoms with van der Waals surface area (Å²) in [6.07, 6.45) is 2.29. The monoisotopic (exact) mass is 550 g/mol. The molecule has 0 aromatic heterocycles. The molecule has 212 valence electrons. The Morgan fingerprint density at radius 1 is 1.15 bits per heavy atom. The van der Waals surface area contributed by atoms with Gasteiger partial charge in [-0.25, -0.2) is 0 Å². The Bertz CT molecular complexity index is 1460. The van der Waals surface area contributed by atoms with Crippen LogP contribution in [0.1, 0.15) is 52.4 Å². The highest BCUT2D eigenvalue weighted by atomic mass is 16.7. The van der Waals surface area contributed by atoms with Crippen LogP contribution in [-0.4, -0.2) is 77.7 Å². The number of nitrogens with zero attached hydrogens (tertiary/aromatic N) is 3. The zero-order valence-electron chi connectivity index (χ0n) is 23.4. The van der Waals surface area contributed by atoms with Gasteiger partial charge in [-0.2, -0.15) is 5.26 Å². The molecule has 4 N–H and O–H groups in total. The van der Waals surface area contributed by atoms with Gasteiger partial charge in [-0.1, -0.05) is 6.07 Å². The average Bonchev–Trinajstić information content (AvgIpc) is 2.92. The van der Waals surface area contributed by atoms with E-state index < -0.39 is 29.6 Å². The lowest BCUT2D eigenvalue weighted by Crippen LogP contribution is -2.62. The third-order valence-corrected chi connectivity index (χ3v) is 8.32. The Balaban J connectivity index is 1.84. The molecule has 0 aliphatic carbocycles. The molecule has 1 saturated heterocycles. The smallest absolute Gasteiger partial charge is 0.216 e. The van der Waals surface area contributed by atoms with Crippen molar-refractivity contribution >= 4 is 12.0 Å². The molecule has 3 heterocycles. The molecule has 1 unspecified atom stereocenters. The predicted molar refractivity (Wildman–Crippen MR) is 145 cm³/mol. The van der Waals surface area contributed by atoms with Crippen LogP contribution in [0.15, 0.2) is 11.8 Å². The number of phenols is 3. The van der Waals surface area contributed by atoms with E-state index in [1.165, 1.54) is 21.0 Å². The van der Waals surface area contributed by atoms with Crippen LogP contribution < -0.4 is 14.8 Å². The topological polar surface area (TPSA) is 148 Å². The number of hydrogen-bond acceptors (Lipinski definition) is 10. The van der Waals surface area contributed by atoms with Crippen molar-refractivity contribution in [3.63, 3.8) is 0 Å². The molecule has 4 atom stereocenters. The van der Waals surface area contributed by atoms with Gasteiger partial charge in [0.05, 0.1) is 25.3 Å². The SMILES string of the molecule is COCOc1c(OC)c(C)cc2c1[C@@H]1C3=Cc4c(O)c(C)c(O)c(O)c4[C@H](CNC(C)=O)N3[C@@H](C#N)C(C2)N1C.